The van der Waals surface area contributed by atoms with Crippen LogP contribution in [0.3, 0.4) is 0 Å². The molecule has 73 heavy (non-hydrogen) atoms. The van der Waals surface area contributed by atoms with Crippen LogP contribution in [0.25, 0.3) is 89.2 Å². The molecule has 3 aromatic heterocycles. The monoisotopic (exact) mass is 962 g/mol. The van der Waals surface area contributed by atoms with E-state index in [0.29, 0.717) is 11.4 Å². The van der Waals surface area contributed by atoms with Crippen LogP contribution in [-0.4, -0.2) is 29.2 Å². The molecule has 0 aliphatic carbocycles. The molecule has 0 aliphatic rings. The quantitative estimate of drug-likeness (QED) is 0.180. The molecule has 6 heteroatoms. The first-order valence-corrected chi connectivity index (χ1v) is 25.9. The second kappa shape index (κ2) is 17.4. The van der Waals surface area contributed by atoms with Crippen LogP contribution in [0.1, 0.15) is 132 Å². The van der Waals surface area contributed by atoms with Gasteiger partial charge in [-0.1, -0.05) is 183 Å². The number of aromatic hydroxyl groups is 1. The van der Waals surface area contributed by atoms with E-state index in [4.69, 9.17) is 15.0 Å². The Balaban J connectivity index is 1.19. The molecule has 0 aliphatic heterocycles. The third kappa shape index (κ3) is 9.15. The maximum absolute atomic E-state index is 11.5. The van der Waals surface area contributed by atoms with E-state index >= 15 is 0 Å². The first kappa shape index (κ1) is 49.3. The van der Waals surface area contributed by atoms with Gasteiger partial charge in [0.15, 0.2) is 0 Å². The lowest BCUT2D eigenvalue weighted by Crippen LogP contribution is -2.17. The molecule has 0 fully saturated rings. The molecule has 0 bridgehead atoms. The Bertz CT molecular complexity index is 3710. The summed E-state index contributed by atoms with van der Waals surface area (Å²) in [6.45, 7) is 34.2. The SMILES string of the molecule is CC(C)(C)c1cc(-c2cc(-c3cccc4c5ccccc5n(-c5cc(C(C)(C)C)cc(C(C)(C)C)c5)c34)ncn2)cc(-c2cccc3c2nc(-c2ccccc2O)n3-c2cc(C(C)(C)C)cc(C(C)(C)C)c2)c1. The van der Waals surface area contributed by atoms with Crippen LogP contribution in [0.2, 0.25) is 0 Å². The fourth-order valence-electron chi connectivity index (χ4n) is 10.2. The number of hydrogen-bond acceptors (Lipinski definition) is 4. The van der Waals surface area contributed by atoms with E-state index in [1.54, 1.807) is 12.4 Å². The van der Waals surface area contributed by atoms with Gasteiger partial charge in [-0.2, -0.15) is 0 Å². The van der Waals surface area contributed by atoms with Crippen LogP contribution in [-0.2, 0) is 27.1 Å². The zero-order valence-corrected chi connectivity index (χ0v) is 45.6. The van der Waals surface area contributed by atoms with Gasteiger partial charge in [0, 0.05) is 38.8 Å². The summed E-state index contributed by atoms with van der Waals surface area (Å²) < 4.78 is 4.70. The third-order valence-electron chi connectivity index (χ3n) is 14.7. The number of nitrogens with zero attached hydrogens (tertiary/aromatic N) is 5. The largest absolute Gasteiger partial charge is 0.507 e. The Hall–Kier alpha value is -7.31. The molecule has 0 saturated carbocycles. The van der Waals surface area contributed by atoms with Gasteiger partial charge >= 0.3 is 0 Å². The van der Waals surface area contributed by atoms with E-state index in [1.807, 2.05) is 18.2 Å². The summed E-state index contributed by atoms with van der Waals surface area (Å²) in [6.07, 6.45) is 1.72. The highest BCUT2D eigenvalue weighted by atomic mass is 16.3. The number of rotatable bonds is 6. The molecule has 370 valence electrons. The van der Waals surface area contributed by atoms with Crippen molar-refractivity contribution < 1.29 is 5.11 Å². The summed E-state index contributed by atoms with van der Waals surface area (Å²) >= 11 is 0. The van der Waals surface area contributed by atoms with Crippen molar-refractivity contribution in [3.05, 3.63) is 180 Å². The van der Waals surface area contributed by atoms with Crippen molar-refractivity contribution in [2.24, 2.45) is 0 Å². The average molecular weight is 962 g/mol. The lowest BCUT2D eigenvalue weighted by Gasteiger charge is -2.27. The molecule has 0 unspecified atom stereocenters. The van der Waals surface area contributed by atoms with Crippen LogP contribution in [0.15, 0.2) is 152 Å². The van der Waals surface area contributed by atoms with Crippen molar-refractivity contribution in [1.82, 2.24) is 24.1 Å². The van der Waals surface area contributed by atoms with Crippen LogP contribution < -0.4 is 0 Å². The van der Waals surface area contributed by atoms with Gasteiger partial charge in [0.05, 0.1) is 39.0 Å². The van der Waals surface area contributed by atoms with Crippen molar-refractivity contribution >= 4 is 32.8 Å². The Labute approximate surface area is 432 Å². The van der Waals surface area contributed by atoms with E-state index in [-0.39, 0.29) is 32.8 Å². The normalized spacial score (nSPS) is 12.9. The van der Waals surface area contributed by atoms with Crippen molar-refractivity contribution in [2.75, 3.05) is 0 Å². The molecule has 0 amide bonds. The lowest BCUT2D eigenvalue weighted by atomic mass is 9.80. The van der Waals surface area contributed by atoms with E-state index in [1.165, 1.54) is 38.6 Å². The number of para-hydroxylation sites is 4. The Morgan fingerprint density at radius 2 is 0.849 bits per heavy atom. The molecule has 7 aromatic carbocycles. The summed E-state index contributed by atoms with van der Waals surface area (Å²) in [4.78, 5) is 15.6. The van der Waals surface area contributed by atoms with Crippen molar-refractivity contribution in [1.29, 1.82) is 0 Å². The van der Waals surface area contributed by atoms with Gasteiger partial charge < -0.3 is 9.67 Å². The number of phenolic OH excluding ortho intramolecular Hbond substituents is 1. The highest BCUT2D eigenvalue weighted by Crippen LogP contribution is 2.44. The summed E-state index contributed by atoms with van der Waals surface area (Å²) in [5.74, 6) is 0.870. The second-order valence-electron chi connectivity index (χ2n) is 25.4. The Kier molecular flexibility index (Phi) is 11.8. The van der Waals surface area contributed by atoms with Gasteiger partial charge in [-0.05, 0) is 127 Å². The highest BCUT2D eigenvalue weighted by molar-refractivity contribution is 6.13. The van der Waals surface area contributed by atoms with E-state index in [2.05, 4.69) is 234 Å². The maximum Gasteiger partial charge on any atom is 0.149 e. The molecule has 0 radical (unpaired) electrons. The van der Waals surface area contributed by atoms with E-state index in [0.717, 1.165) is 67.1 Å². The summed E-state index contributed by atoms with van der Waals surface area (Å²) in [5, 5.41) is 13.9. The second-order valence-corrected chi connectivity index (χ2v) is 25.4. The predicted molar refractivity (Wildman–Crippen MR) is 308 cm³/mol. The average Bonchev–Trinajstić information content (AvgIpc) is 3.89. The lowest BCUT2D eigenvalue weighted by molar-refractivity contribution is 0.477. The molecule has 10 rings (SSSR count). The standard InChI is InChI=1S/C67H71N5O/c1-63(2,3)43-31-41(50-24-21-28-58-60(50)70-62(54-23-17-19-29-59(54)73)72(58)49-37-46(66(10,11)12)34-47(38-49)67(13,14)15)30-42(32-43)55-39-56(69-40-68-55)53-26-20-25-52-51-22-16-18-27-57(51)71(61(52)53)48-35-44(64(4,5)6)33-45(36-48)65(7,8)9/h16-40,73H,1-15H3. The molecule has 1 N–H and O–H groups in total. The number of fused-ring (bicyclic) bond motifs is 4. The summed E-state index contributed by atoms with van der Waals surface area (Å²) in [7, 11) is 0. The van der Waals surface area contributed by atoms with Crippen molar-refractivity contribution in [2.45, 2.75) is 131 Å². The van der Waals surface area contributed by atoms with Gasteiger partial charge in [-0.15, -0.1) is 0 Å². The zero-order chi connectivity index (χ0) is 52.2. The molecular formula is C67H71N5O. The van der Waals surface area contributed by atoms with Crippen LogP contribution in [0.4, 0.5) is 0 Å². The van der Waals surface area contributed by atoms with Crippen LogP contribution in [0, 0.1) is 0 Å². The van der Waals surface area contributed by atoms with Gasteiger partial charge in [0.25, 0.3) is 0 Å². The Morgan fingerprint density at radius 3 is 1.45 bits per heavy atom. The summed E-state index contributed by atoms with van der Waals surface area (Å²) in [6, 6.07) is 52.5. The molecular weight excluding hydrogens is 891 g/mol. The van der Waals surface area contributed by atoms with Crippen molar-refractivity contribution in [3.63, 3.8) is 0 Å². The summed E-state index contributed by atoms with van der Waals surface area (Å²) in [5.41, 5.74) is 18.5. The minimum absolute atomic E-state index is 0.0491. The predicted octanol–water partition coefficient (Wildman–Crippen LogP) is 17.8. The molecule has 0 atom stereocenters. The van der Waals surface area contributed by atoms with Gasteiger partial charge in [-0.3, -0.25) is 4.57 Å². The maximum atomic E-state index is 11.5. The fraction of sp³-hybridized carbons (Fsp3) is 0.299. The fourth-order valence-corrected chi connectivity index (χ4v) is 10.2. The topological polar surface area (TPSA) is 68.8 Å². The third-order valence-corrected chi connectivity index (χ3v) is 14.7. The van der Waals surface area contributed by atoms with Gasteiger partial charge in [0.2, 0.25) is 0 Å². The number of benzene rings is 7. The smallest absolute Gasteiger partial charge is 0.149 e. The number of aromatic nitrogens is 5. The molecule has 3 heterocycles. The van der Waals surface area contributed by atoms with E-state index < -0.39 is 0 Å². The van der Waals surface area contributed by atoms with Gasteiger partial charge in [0.1, 0.15) is 17.9 Å². The Morgan fingerprint density at radius 1 is 0.384 bits per heavy atom. The molecule has 10 aromatic rings. The number of imidazole rings is 1. The molecule has 0 spiro atoms. The number of phenols is 1. The minimum Gasteiger partial charge on any atom is -0.507 e. The molecule has 6 nitrogen and oxygen atoms in total. The van der Waals surface area contributed by atoms with Crippen LogP contribution in [0.5, 0.6) is 5.75 Å². The van der Waals surface area contributed by atoms with Gasteiger partial charge in [-0.25, -0.2) is 15.0 Å². The first-order valence-electron chi connectivity index (χ1n) is 25.9. The zero-order valence-electron chi connectivity index (χ0n) is 45.6. The highest BCUT2D eigenvalue weighted by Gasteiger charge is 2.28. The van der Waals surface area contributed by atoms with Crippen LogP contribution >= 0.6 is 0 Å². The molecule has 0 saturated heterocycles. The minimum atomic E-state index is -0.189. The van der Waals surface area contributed by atoms with Crippen molar-refractivity contribution in [3.8, 4) is 62.2 Å². The first-order chi connectivity index (χ1) is 34.3. The van der Waals surface area contributed by atoms with E-state index in [9.17, 15) is 5.11 Å². The number of hydrogen-bond donors (Lipinski definition) is 1.